The fourth-order valence-corrected chi connectivity index (χ4v) is 2.73. The highest BCUT2D eigenvalue weighted by molar-refractivity contribution is 6.31. The summed E-state index contributed by atoms with van der Waals surface area (Å²) in [6.07, 6.45) is 0. The molecule has 0 heterocycles. The molecule has 0 bridgehead atoms. The van der Waals surface area contributed by atoms with Gasteiger partial charge >= 0.3 is 5.97 Å². The van der Waals surface area contributed by atoms with Gasteiger partial charge in [-0.2, -0.15) is 0 Å². The second kappa shape index (κ2) is 8.38. The molecule has 3 rings (SSSR count). The number of ether oxygens (including phenoxy) is 1. The summed E-state index contributed by atoms with van der Waals surface area (Å²) in [6, 6.07) is 21.6. The van der Waals surface area contributed by atoms with Crippen LogP contribution < -0.4 is 11.1 Å². The van der Waals surface area contributed by atoms with E-state index in [1.54, 1.807) is 12.1 Å². The van der Waals surface area contributed by atoms with E-state index in [0.717, 1.165) is 11.1 Å². The van der Waals surface area contributed by atoms with Gasteiger partial charge in [-0.05, 0) is 29.8 Å². The minimum absolute atomic E-state index is 0.125. The number of hydrogen-bond acceptors (Lipinski definition) is 4. The van der Waals surface area contributed by atoms with Gasteiger partial charge in [-0.25, -0.2) is 4.79 Å². The molecule has 27 heavy (non-hydrogen) atoms. The van der Waals surface area contributed by atoms with Gasteiger partial charge in [0.15, 0.2) is 6.61 Å². The maximum Gasteiger partial charge on any atom is 0.340 e. The third-order valence-electron chi connectivity index (χ3n) is 3.86. The molecule has 0 saturated carbocycles. The number of nitrogens with two attached hydrogens (primary N) is 1. The lowest BCUT2D eigenvalue weighted by atomic mass is 10.0. The topological polar surface area (TPSA) is 81.4 Å². The third-order valence-corrected chi connectivity index (χ3v) is 4.09. The number of esters is 1. The third kappa shape index (κ3) is 4.65. The Morgan fingerprint density at radius 3 is 2.44 bits per heavy atom. The maximum absolute atomic E-state index is 12.2. The average molecular weight is 381 g/mol. The Balaban J connectivity index is 1.67. The summed E-state index contributed by atoms with van der Waals surface area (Å²) in [6.45, 7) is -0.437. The van der Waals surface area contributed by atoms with Crippen molar-refractivity contribution in [3.05, 3.63) is 83.4 Å². The summed E-state index contributed by atoms with van der Waals surface area (Å²) in [7, 11) is 0. The molecule has 3 N–H and O–H groups in total. The van der Waals surface area contributed by atoms with Crippen LogP contribution in [0.25, 0.3) is 11.1 Å². The molecule has 6 heteroatoms. The molecular formula is C21H17ClN2O3. The molecule has 0 spiro atoms. The lowest BCUT2D eigenvalue weighted by Crippen LogP contribution is -2.21. The second-order valence-corrected chi connectivity index (χ2v) is 6.20. The van der Waals surface area contributed by atoms with Gasteiger partial charge in [0.25, 0.3) is 5.91 Å². The molecule has 0 saturated heterocycles. The van der Waals surface area contributed by atoms with E-state index in [1.807, 2.05) is 48.5 Å². The summed E-state index contributed by atoms with van der Waals surface area (Å²) >= 11 is 5.86. The molecule has 0 aliphatic heterocycles. The Morgan fingerprint density at radius 1 is 0.963 bits per heavy atom. The number of amides is 1. The van der Waals surface area contributed by atoms with Gasteiger partial charge in [0.1, 0.15) is 0 Å². The van der Waals surface area contributed by atoms with Crippen molar-refractivity contribution in [2.24, 2.45) is 0 Å². The molecule has 136 valence electrons. The van der Waals surface area contributed by atoms with Crippen molar-refractivity contribution in [2.45, 2.75) is 0 Å². The van der Waals surface area contributed by atoms with Gasteiger partial charge in [0.2, 0.25) is 0 Å². The molecular weight excluding hydrogens is 364 g/mol. The van der Waals surface area contributed by atoms with Crippen LogP contribution in [0.5, 0.6) is 0 Å². The summed E-state index contributed by atoms with van der Waals surface area (Å²) in [5.74, 6) is -1.16. The highest BCUT2D eigenvalue weighted by Crippen LogP contribution is 2.27. The summed E-state index contributed by atoms with van der Waals surface area (Å²) < 4.78 is 5.05. The van der Waals surface area contributed by atoms with Crippen LogP contribution in [0.2, 0.25) is 5.02 Å². The van der Waals surface area contributed by atoms with Crippen molar-refractivity contribution in [3.63, 3.8) is 0 Å². The van der Waals surface area contributed by atoms with Gasteiger partial charge in [-0.15, -0.1) is 0 Å². The number of hydrogen-bond donors (Lipinski definition) is 2. The van der Waals surface area contributed by atoms with Crippen LogP contribution in [0, 0.1) is 0 Å². The van der Waals surface area contributed by atoms with E-state index in [9.17, 15) is 9.59 Å². The first-order valence-corrected chi connectivity index (χ1v) is 8.59. The zero-order chi connectivity index (χ0) is 19.2. The van der Waals surface area contributed by atoms with Gasteiger partial charge in [-0.3, -0.25) is 4.79 Å². The predicted molar refractivity (Wildman–Crippen MR) is 107 cm³/mol. The number of anilines is 2. The number of nitrogens with one attached hydrogen (secondary N) is 1. The van der Waals surface area contributed by atoms with Crippen LogP contribution in [0.3, 0.4) is 0 Å². The minimum atomic E-state index is -0.707. The molecule has 0 atom stereocenters. The Labute approximate surface area is 161 Å². The molecule has 0 fully saturated rings. The smallest absolute Gasteiger partial charge is 0.340 e. The molecule has 0 aliphatic rings. The SMILES string of the molecule is Nc1ccc(Cl)cc1C(=O)OCC(=O)Nc1ccccc1-c1ccccc1. The Kier molecular flexibility index (Phi) is 5.74. The normalized spacial score (nSPS) is 10.3. The van der Waals surface area contributed by atoms with Gasteiger partial charge in [0, 0.05) is 22.0 Å². The van der Waals surface area contributed by atoms with E-state index in [0.29, 0.717) is 10.7 Å². The number of para-hydroxylation sites is 1. The van der Waals surface area contributed by atoms with E-state index < -0.39 is 18.5 Å². The Bertz CT molecular complexity index is 974. The van der Waals surface area contributed by atoms with E-state index in [4.69, 9.17) is 22.1 Å². The van der Waals surface area contributed by atoms with Gasteiger partial charge in [-0.1, -0.05) is 60.1 Å². The zero-order valence-electron chi connectivity index (χ0n) is 14.3. The van der Waals surface area contributed by atoms with Crippen molar-refractivity contribution in [3.8, 4) is 11.1 Å². The maximum atomic E-state index is 12.2. The molecule has 5 nitrogen and oxygen atoms in total. The lowest BCUT2D eigenvalue weighted by Gasteiger charge is -2.12. The largest absolute Gasteiger partial charge is 0.452 e. The molecule has 0 unspecified atom stereocenters. The Hall–Kier alpha value is -3.31. The molecule has 0 radical (unpaired) electrons. The van der Waals surface area contributed by atoms with E-state index in [-0.39, 0.29) is 11.3 Å². The highest BCUT2D eigenvalue weighted by atomic mass is 35.5. The van der Waals surface area contributed by atoms with Crippen LogP contribution in [0.4, 0.5) is 11.4 Å². The zero-order valence-corrected chi connectivity index (χ0v) is 15.1. The van der Waals surface area contributed by atoms with Crippen molar-refractivity contribution >= 4 is 34.9 Å². The molecule has 0 aliphatic carbocycles. The molecule has 0 aromatic heterocycles. The number of benzene rings is 3. The number of nitrogen functional groups attached to an aromatic ring is 1. The number of rotatable bonds is 5. The van der Waals surface area contributed by atoms with Crippen molar-refractivity contribution in [2.75, 3.05) is 17.7 Å². The van der Waals surface area contributed by atoms with E-state index >= 15 is 0 Å². The summed E-state index contributed by atoms with van der Waals surface area (Å²) in [4.78, 5) is 24.4. The van der Waals surface area contributed by atoms with Gasteiger partial charge in [0.05, 0.1) is 5.56 Å². The van der Waals surface area contributed by atoms with Crippen LogP contribution in [-0.2, 0) is 9.53 Å². The predicted octanol–water partition coefficient (Wildman–Crippen LogP) is 4.38. The van der Waals surface area contributed by atoms with Crippen molar-refractivity contribution < 1.29 is 14.3 Å². The quantitative estimate of drug-likeness (QED) is 0.508. The van der Waals surface area contributed by atoms with Gasteiger partial charge < -0.3 is 15.8 Å². The number of carbonyl (C=O) groups is 2. The molecule has 1 amide bonds. The van der Waals surface area contributed by atoms with Crippen LogP contribution in [-0.4, -0.2) is 18.5 Å². The van der Waals surface area contributed by atoms with Crippen LogP contribution >= 0.6 is 11.6 Å². The Morgan fingerprint density at radius 2 is 1.67 bits per heavy atom. The first-order valence-electron chi connectivity index (χ1n) is 8.21. The fourth-order valence-electron chi connectivity index (χ4n) is 2.56. The van der Waals surface area contributed by atoms with Crippen LogP contribution in [0.1, 0.15) is 10.4 Å². The standard InChI is InChI=1S/C21H17ClN2O3/c22-15-10-11-18(23)17(12-15)21(26)27-13-20(25)24-19-9-5-4-8-16(19)14-6-2-1-3-7-14/h1-12H,13,23H2,(H,24,25). The summed E-state index contributed by atoms with van der Waals surface area (Å²) in [5, 5.41) is 3.13. The minimum Gasteiger partial charge on any atom is -0.452 e. The monoisotopic (exact) mass is 380 g/mol. The highest BCUT2D eigenvalue weighted by Gasteiger charge is 2.15. The number of carbonyl (C=O) groups excluding carboxylic acids is 2. The van der Waals surface area contributed by atoms with Crippen LogP contribution in [0.15, 0.2) is 72.8 Å². The molecule has 3 aromatic carbocycles. The molecule has 3 aromatic rings. The first kappa shape index (κ1) is 18.5. The lowest BCUT2D eigenvalue weighted by molar-refractivity contribution is -0.119. The number of halogens is 1. The fraction of sp³-hybridized carbons (Fsp3) is 0.0476. The first-order chi connectivity index (χ1) is 13.0. The van der Waals surface area contributed by atoms with Crippen molar-refractivity contribution in [1.82, 2.24) is 0 Å². The van der Waals surface area contributed by atoms with E-state index in [2.05, 4.69) is 5.32 Å². The van der Waals surface area contributed by atoms with Crippen molar-refractivity contribution in [1.29, 1.82) is 0 Å². The van der Waals surface area contributed by atoms with E-state index in [1.165, 1.54) is 12.1 Å². The second-order valence-electron chi connectivity index (χ2n) is 5.77. The average Bonchev–Trinajstić information content (AvgIpc) is 2.69. The summed E-state index contributed by atoms with van der Waals surface area (Å²) in [5.41, 5.74) is 8.58.